The van der Waals surface area contributed by atoms with Crippen LogP contribution < -0.4 is 5.32 Å². The highest BCUT2D eigenvalue weighted by Crippen LogP contribution is 2.38. The van der Waals surface area contributed by atoms with Crippen LogP contribution in [0.25, 0.3) is 0 Å². The summed E-state index contributed by atoms with van der Waals surface area (Å²) in [5.41, 5.74) is 1.13. The summed E-state index contributed by atoms with van der Waals surface area (Å²) in [4.78, 5) is 0. The molecule has 0 aliphatic carbocycles. The first-order chi connectivity index (χ1) is 2.97. The van der Waals surface area contributed by atoms with Gasteiger partial charge in [0.2, 0.25) is 5.88 Å². The Hall–Kier alpha value is -0.920. The van der Waals surface area contributed by atoms with E-state index < -0.39 is 0 Å². The minimum absolute atomic E-state index is 0.926. The first kappa shape index (κ1) is 2.29. The highest BCUT2D eigenvalue weighted by Gasteiger charge is 2.17. The zero-order valence-corrected chi connectivity index (χ0v) is 3.06. The normalized spacial score (nSPS) is 12.7. The number of rotatable bonds is 0. The Morgan fingerprint density at radius 2 is 2.67 bits per heavy atom. The van der Waals surface area contributed by atoms with E-state index in [1.165, 1.54) is 0 Å². The summed E-state index contributed by atoms with van der Waals surface area (Å²) in [6, 6.07) is 1.90. The standard InChI is InChI=1S/C4H3NO/c1-2-6-4-3(1)5-4/h1-2,5H. The largest absolute Gasteiger partial charge is 0.446 e. The fourth-order valence-corrected chi connectivity index (χ4v) is 0.471. The molecule has 0 atom stereocenters. The maximum absolute atomic E-state index is 4.81. The molecule has 0 unspecified atom stereocenters. The van der Waals surface area contributed by atoms with Crippen LogP contribution in [-0.2, 0) is 0 Å². The van der Waals surface area contributed by atoms with Gasteiger partial charge in [-0.1, -0.05) is 0 Å². The molecule has 0 amide bonds. The van der Waals surface area contributed by atoms with Gasteiger partial charge in [0.25, 0.3) is 0 Å². The van der Waals surface area contributed by atoms with Gasteiger partial charge in [-0.3, -0.25) is 0 Å². The van der Waals surface area contributed by atoms with E-state index >= 15 is 0 Å². The second-order valence-corrected chi connectivity index (χ2v) is 1.29. The third-order valence-corrected chi connectivity index (χ3v) is 0.851. The van der Waals surface area contributed by atoms with E-state index in [4.69, 9.17) is 4.42 Å². The minimum Gasteiger partial charge on any atom is -0.446 e. The molecule has 0 aromatic carbocycles. The molecular formula is C4H3NO. The summed E-state index contributed by atoms with van der Waals surface area (Å²) in [6.07, 6.45) is 1.67. The van der Waals surface area contributed by atoms with Crippen molar-refractivity contribution in [3.05, 3.63) is 12.3 Å². The molecule has 1 aliphatic heterocycles. The average molecular weight is 81.1 g/mol. The molecule has 30 valence electrons. The molecule has 2 nitrogen and oxygen atoms in total. The van der Waals surface area contributed by atoms with Crippen molar-refractivity contribution >= 4 is 11.6 Å². The van der Waals surface area contributed by atoms with E-state index in [9.17, 15) is 0 Å². The molecule has 6 heavy (non-hydrogen) atoms. The quantitative estimate of drug-likeness (QED) is 0.485. The molecule has 0 saturated carbocycles. The van der Waals surface area contributed by atoms with Crippen LogP contribution in [-0.4, -0.2) is 0 Å². The smallest absolute Gasteiger partial charge is 0.221 e. The molecule has 2 heterocycles. The molecule has 0 fully saturated rings. The minimum atomic E-state index is 0.926. The predicted octanol–water partition coefficient (Wildman–Crippen LogP) is 1.34. The Morgan fingerprint density at radius 1 is 1.67 bits per heavy atom. The highest BCUT2D eigenvalue weighted by molar-refractivity contribution is 5.84. The second-order valence-electron chi connectivity index (χ2n) is 1.29. The monoisotopic (exact) mass is 81.0 g/mol. The lowest BCUT2D eigenvalue weighted by atomic mass is 10.7. The van der Waals surface area contributed by atoms with Crippen molar-refractivity contribution in [1.29, 1.82) is 0 Å². The molecule has 1 aromatic rings. The molecule has 0 bridgehead atoms. The van der Waals surface area contributed by atoms with E-state index in [0.717, 1.165) is 11.6 Å². The van der Waals surface area contributed by atoms with Crippen LogP contribution >= 0.6 is 0 Å². The van der Waals surface area contributed by atoms with Gasteiger partial charge in [0.15, 0.2) is 0 Å². The van der Waals surface area contributed by atoms with Crippen LogP contribution in [0.1, 0.15) is 0 Å². The molecule has 0 radical (unpaired) electrons. The lowest BCUT2D eigenvalue weighted by Crippen LogP contribution is -1.51. The topological polar surface area (TPSA) is 35.1 Å². The summed E-state index contributed by atoms with van der Waals surface area (Å²) in [6.45, 7) is 0. The van der Waals surface area contributed by atoms with Gasteiger partial charge < -0.3 is 9.73 Å². The zero-order valence-electron chi connectivity index (χ0n) is 3.06. The van der Waals surface area contributed by atoms with Crippen LogP contribution in [0.4, 0.5) is 11.6 Å². The Bertz CT molecular complexity index is 151. The molecular weight excluding hydrogens is 78.0 g/mol. The second kappa shape index (κ2) is 0.469. The zero-order chi connectivity index (χ0) is 3.98. The lowest BCUT2D eigenvalue weighted by molar-refractivity contribution is 0.596. The van der Waals surface area contributed by atoms with E-state index in [1.54, 1.807) is 6.26 Å². The van der Waals surface area contributed by atoms with Gasteiger partial charge in [0.1, 0.15) is 5.69 Å². The summed E-state index contributed by atoms with van der Waals surface area (Å²) in [5, 5.41) is 2.89. The van der Waals surface area contributed by atoms with Crippen LogP contribution in [0.5, 0.6) is 0 Å². The molecule has 1 aromatic heterocycles. The van der Waals surface area contributed by atoms with Crippen LogP contribution in [0, 0.1) is 0 Å². The van der Waals surface area contributed by atoms with E-state index in [-0.39, 0.29) is 0 Å². The van der Waals surface area contributed by atoms with Crippen molar-refractivity contribution < 1.29 is 4.42 Å². The molecule has 0 saturated heterocycles. The molecule has 2 rings (SSSR count). The number of anilines is 2. The van der Waals surface area contributed by atoms with Gasteiger partial charge in [0, 0.05) is 6.07 Å². The van der Waals surface area contributed by atoms with Crippen LogP contribution in [0.15, 0.2) is 16.7 Å². The third kappa shape index (κ3) is 0.109. The van der Waals surface area contributed by atoms with Gasteiger partial charge in [0.05, 0.1) is 6.26 Å². The van der Waals surface area contributed by atoms with Crippen molar-refractivity contribution in [3.8, 4) is 0 Å². The van der Waals surface area contributed by atoms with E-state index in [2.05, 4.69) is 5.32 Å². The summed E-state index contributed by atoms with van der Waals surface area (Å²) >= 11 is 0. The van der Waals surface area contributed by atoms with Crippen molar-refractivity contribution in [3.63, 3.8) is 0 Å². The van der Waals surface area contributed by atoms with Crippen molar-refractivity contribution in [1.82, 2.24) is 0 Å². The third-order valence-electron chi connectivity index (χ3n) is 0.851. The lowest BCUT2D eigenvalue weighted by Gasteiger charge is -1.64. The fourth-order valence-electron chi connectivity index (χ4n) is 0.471. The van der Waals surface area contributed by atoms with Crippen LogP contribution in [0.3, 0.4) is 0 Å². The first-order valence-electron chi connectivity index (χ1n) is 1.81. The Labute approximate surface area is 34.8 Å². The summed E-state index contributed by atoms with van der Waals surface area (Å²) < 4.78 is 4.81. The Kier molecular flexibility index (Phi) is 0.179. The van der Waals surface area contributed by atoms with Gasteiger partial charge in [-0.05, 0) is 0 Å². The van der Waals surface area contributed by atoms with E-state index in [1.807, 2.05) is 6.07 Å². The molecule has 1 N–H and O–H groups in total. The van der Waals surface area contributed by atoms with Crippen LogP contribution in [0.2, 0.25) is 0 Å². The highest BCUT2D eigenvalue weighted by atomic mass is 16.4. The number of furan rings is 1. The maximum atomic E-state index is 4.81. The number of hydrogen-bond acceptors (Lipinski definition) is 2. The number of nitrogens with one attached hydrogen (secondary N) is 1. The number of fused-ring (bicyclic) bond motifs is 1. The van der Waals surface area contributed by atoms with E-state index in [0.29, 0.717) is 0 Å². The van der Waals surface area contributed by atoms with Gasteiger partial charge in [-0.2, -0.15) is 0 Å². The number of hydrogen-bond donors (Lipinski definition) is 1. The average Bonchev–Trinajstić information content (AvgIpc) is 2.17. The first-order valence-corrected chi connectivity index (χ1v) is 1.81. The fraction of sp³-hybridized carbons (Fsp3) is 0. The van der Waals surface area contributed by atoms with Crippen molar-refractivity contribution in [2.75, 3.05) is 5.32 Å². The SMILES string of the molecule is c1cc2c(o1)N2. The Balaban J connectivity index is 2.88. The van der Waals surface area contributed by atoms with Gasteiger partial charge in [-0.25, -0.2) is 0 Å². The summed E-state index contributed by atoms with van der Waals surface area (Å²) in [5.74, 6) is 0.926. The van der Waals surface area contributed by atoms with Gasteiger partial charge in [-0.15, -0.1) is 0 Å². The molecule has 2 heteroatoms. The molecule has 0 spiro atoms. The maximum Gasteiger partial charge on any atom is 0.221 e. The summed E-state index contributed by atoms with van der Waals surface area (Å²) in [7, 11) is 0. The van der Waals surface area contributed by atoms with Crippen molar-refractivity contribution in [2.24, 2.45) is 0 Å². The predicted molar refractivity (Wildman–Crippen MR) is 22.0 cm³/mol. The Morgan fingerprint density at radius 3 is 2.83 bits per heavy atom. The van der Waals surface area contributed by atoms with Gasteiger partial charge >= 0.3 is 0 Å². The van der Waals surface area contributed by atoms with Crippen molar-refractivity contribution in [2.45, 2.75) is 0 Å². The molecule has 1 aliphatic rings.